The summed E-state index contributed by atoms with van der Waals surface area (Å²) in [5, 5.41) is 5.39. The maximum atomic E-state index is 3.69. The zero-order valence-corrected chi connectivity index (χ0v) is 27.4. The van der Waals surface area contributed by atoms with E-state index in [1.54, 1.807) is 30.4 Å². The second kappa shape index (κ2) is 14.0. The second-order valence-electron chi connectivity index (χ2n) is 12.1. The van der Waals surface area contributed by atoms with Crippen molar-refractivity contribution in [3.8, 4) is 0 Å². The number of halogens is 2. The summed E-state index contributed by atoms with van der Waals surface area (Å²) in [5.41, 5.74) is 5.20. The number of allylic oxidation sites excluding steroid dienone is 4. The Morgan fingerprint density at radius 3 is 1.75 bits per heavy atom. The summed E-state index contributed by atoms with van der Waals surface area (Å²) in [6.45, 7) is 2.31. The van der Waals surface area contributed by atoms with Gasteiger partial charge in [0.25, 0.3) is 0 Å². The van der Waals surface area contributed by atoms with Gasteiger partial charge in [0.2, 0.25) is 0 Å². The molecule has 0 aromatic heterocycles. The molecule has 4 fully saturated rings. The van der Waals surface area contributed by atoms with Crippen LogP contribution >= 0.6 is 0 Å². The third-order valence-electron chi connectivity index (χ3n) is 9.35. The Morgan fingerprint density at radius 2 is 1.27 bits per heavy atom. The molecule has 0 saturated heterocycles. The predicted molar refractivity (Wildman–Crippen MR) is 159 cm³/mol. The summed E-state index contributed by atoms with van der Waals surface area (Å²) in [6, 6.07) is 29.8. The smallest absolute Gasteiger partial charge is 0.0771 e. The summed E-state index contributed by atoms with van der Waals surface area (Å²) >= 11 is 1.51. The van der Waals surface area contributed by atoms with Gasteiger partial charge in [0.15, 0.2) is 0 Å². The largest absolute Gasteiger partial charge is 0.126 e. The van der Waals surface area contributed by atoms with Gasteiger partial charge < -0.3 is 24.8 Å². The number of hydrogen-bond donors (Lipinski definition) is 0. The average molecular weight is 645 g/mol. The maximum Gasteiger partial charge on any atom is -0.0771 e. The maximum absolute atomic E-state index is 3.69. The van der Waals surface area contributed by atoms with Crippen molar-refractivity contribution in [2.24, 2.45) is 23.2 Å². The Morgan fingerprint density at radius 1 is 0.775 bits per heavy atom. The van der Waals surface area contributed by atoms with Crippen LogP contribution in [-0.2, 0) is 30.7 Å². The summed E-state index contributed by atoms with van der Waals surface area (Å²) in [6.07, 6.45) is 17.4. The Labute approximate surface area is 267 Å². The van der Waals surface area contributed by atoms with E-state index in [-0.39, 0.29) is 24.8 Å². The van der Waals surface area contributed by atoms with E-state index in [2.05, 4.69) is 102 Å². The minimum absolute atomic E-state index is 0. The number of fused-ring (bicyclic) bond motifs is 3. The summed E-state index contributed by atoms with van der Waals surface area (Å²) < 4.78 is 2.25. The van der Waals surface area contributed by atoms with E-state index in [0.29, 0.717) is 5.41 Å². The third-order valence-corrected chi connectivity index (χ3v) is 9.86. The first kappa shape index (κ1) is 31.3. The molecule has 5 aliphatic carbocycles. The van der Waals surface area contributed by atoms with Gasteiger partial charge in [-0.2, -0.15) is 6.08 Å². The quantitative estimate of drug-likeness (QED) is 0.300. The van der Waals surface area contributed by atoms with Gasteiger partial charge in [-0.3, -0.25) is 6.08 Å². The van der Waals surface area contributed by atoms with Crippen molar-refractivity contribution in [1.29, 1.82) is 0 Å². The predicted octanol–water partition coefficient (Wildman–Crippen LogP) is 3.58. The molecule has 0 spiro atoms. The van der Waals surface area contributed by atoms with E-state index in [0.717, 1.165) is 30.6 Å². The fourth-order valence-electron chi connectivity index (χ4n) is 8.21. The number of rotatable bonds is 3. The van der Waals surface area contributed by atoms with Crippen LogP contribution in [0.1, 0.15) is 57.4 Å². The topological polar surface area (TPSA) is 0 Å². The molecule has 5 aliphatic rings. The fraction of sp³-hybridized carbons (Fsp3) is 0.351. The molecular formula is C37H38Cl2Zr-2. The van der Waals surface area contributed by atoms with Crippen molar-refractivity contribution < 1.29 is 49.0 Å². The fourth-order valence-corrected chi connectivity index (χ4v) is 8.79. The van der Waals surface area contributed by atoms with Crippen molar-refractivity contribution >= 4 is 25.3 Å². The Hall–Kier alpha value is -1.66. The normalized spacial score (nSPS) is 25.4. The number of benzene rings is 3. The van der Waals surface area contributed by atoms with Crippen LogP contribution in [0.3, 0.4) is 0 Å². The van der Waals surface area contributed by atoms with E-state index in [4.69, 9.17) is 0 Å². The van der Waals surface area contributed by atoms with E-state index in [1.807, 2.05) is 6.07 Å². The molecular weight excluding hydrogens is 607 g/mol. The molecule has 0 aliphatic heterocycles. The van der Waals surface area contributed by atoms with Crippen molar-refractivity contribution in [1.82, 2.24) is 0 Å². The molecule has 0 atom stereocenters. The Balaban J connectivity index is 0.000000141. The first-order valence-corrected chi connectivity index (χ1v) is 15.9. The monoisotopic (exact) mass is 642 g/mol. The summed E-state index contributed by atoms with van der Waals surface area (Å²) in [5.74, 6) is 3.19. The van der Waals surface area contributed by atoms with Gasteiger partial charge in [-0.1, -0.05) is 36.4 Å². The van der Waals surface area contributed by atoms with Crippen LogP contribution in [0, 0.1) is 29.2 Å². The van der Waals surface area contributed by atoms with E-state index in [9.17, 15) is 0 Å². The first-order chi connectivity index (χ1) is 18.6. The Bertz CT molecular complexity index is 1390. The van der Waals surface area contributed by atoms with Crippen LogP contribution in [0.15, 0.2) is 102 Å². The van der Waals surface area contributed by atoms with Crippen molar-refractivity contribution in [3.63, 3.8) is 0 Å². The van der Waals surface area contributed by atoms with Gasteiger partial charge in [-0.25, -0.2) is 11.1 Å². The molecule has 0 heterocycles. The van der Waals surface area contributed by atoms with E-state index >= 15 is 0 Å². The molecule has 206 valence electrons. The zero-order valence-electron chi connectivity index (χ0n) is 23.4. The SMILES string of the molecule is CC1=CC[C-]=C1C12CC3CC(CC(C3)C1)C2.[Cl-].[Cl-].[Zr+2]=[CH]Cc1ccccc1.c1ccc2c(c1)[cH-]c1ccccc12. The molecule has 0 N–H and O–H groups in total. The average Bonchev–Trinajstić information content (AvgIpc) is 3.53. The molecule has 3 heteroatoms. The van der Waals surface area contributed by atoms with Gasteiger partial charge >= 0.3 is 70.3 Å². The van der Waals surface area contributed by atoms with Crippen LogP contribution in [0.5, 0.6) is 0 Å². The third kappa shape index (κ3) is 6.70. The van der Waals surface area contributed by atoms with Crippen molar-refractivity contribution in [3.05, 3.63) is 114 Å². The zero-order chi connectivity index (χ0) is 26.0. The molecule has 4 aromatic rings. The van der Waals surface area contributed by atoms with Gasteiger partial charge in [0, 0.05) is 0 Å². The summed E-state index contributed by atoms with van der Waals surface area (Å²) in [4.78, 5) is 0. The first-order valence-electron chi connectivity index (χ1n) is 14.5. The molecule has 4 aromatic carbocycles. The molecule has 40 heavy (non-hydrogen) atoms. The van der Waals surface area contributed by atoms with Gasteiger partial charge in [0.05, 0.1) is 0 Å². The molecule has 0 radical (unpaired) electrons. The van der Waals surface area contributed by atoms with Gasteiger partial charge in [-0.05, 0) is 61.7 Å². The molecule has 4 bridgehead atoms. The molecule has 0 nitrogen and oxygen atoms in total. The van der Waals surface area contributed by atoms with Crippen LogP contribution in [0.2, 0.25) is 0 Å². The van der Waals surface area contributed by atoms with Crippen LogP contribution in [0.4, 0.5) is 0 Å². The van der Waals surface area contributed by atoms with Gasteiger partial charge in [0.1, 0.15) is 0 Å². The van der Waals surface area contributed by atoms with Crippen LogP contribution < -0.4 is 24.8 Å². The van der Waals surface area contributed by atoms with E-state index in [1.165, 1.54) is 70.6 Å². The van der Waals surface area contributed by atoms with Crippen LogP contribution in [-0.4, -0.2) is 3.71 Å². The van der Waals surface area contributed by atoms with Crippen LogP contribution in [0.25, 0.3) is 21.5 Å². The minimum Gasteiger partial charge on any atom is -0.126 e. The standard InChI is InChI=1S/C16H21.C13H9.C8H8.2ClH.Zr/c1-11-3-2-4-15(11)16-8-12-5-13(9-16)7-14(6-12)10-16;1-3-7-12-10(5-1)9-11-6-2-4-8-13(11)12;1-2-8-6-4-3-5-7-8;;;/h3,12-14H,2,5-10H2,1H3;1-9H;1,3-7H,2H2;2*1H;/q2*-1;;;;+2/p-2. The Kier molecular flexibility index (Phi) is 11.0. The summed E-state index contributed by atoms with van der Waals surface area (Å²) in [7, 11) is 0. The molecule has 4 saturated carbocycles. The molecule has 9 rings (SSSR count). The van der Waals surface area contributed by atoms with E-state index < -0.39 is 0 Å². The molecule has 0 unspecified atom stereocenters. The van der Waals surface area contributed by atoms with Gasteiger partial charge in [-0.15, -0.1) is 53.1 Å². The van der Waals surface area contributed by atoms with Crippen molar-refractivity contribution in [2.45, 2.75) is 58.3 Å². The molecule has 0 amide bonds. The second-order valence-corrected chi connectivity index (χ2v) is 13.1. The minimum atomic E-state index is 0. The van der Waals surface area contributed by atoms with Crippen molar-refractivity contribution in [2.75, 3.05) is 0 Å². The number of hydrogen-bond acceptors (Lipinski definition) is 0.